The molecule has 98 valence electrons. The number of hydrogen-bond acceptors (Lipinski definition) is 2. The number of carbonyl (C=O) groups excluding carboxylic acids is 1. The average molecular weight is 254 g/mol. The van der Waals surface area contributed by atoms with Crippen LogP contribution in [0.4, 0.5) is 0 Å². The van der Waals surface area contributed by atoms with E-state index in [4.69, 9.17) is 0 Å². The zero-order chi connectivity index (χ0) is 13.8. The van der Waals surface area contributed by atoms with Gasteiger partial charge in [-0.3, -0.25) is 4.79 Å². The van der Waals surface area contributed by atoms with Crippen LogP contribution in [0.3, 0.4) is 0 Å². The number of aliphatic hydroxyl groups excluding tert-OH is 1. The molecule has 19 heavy (non-hydrogen) atoms. The first-order chi connectivity index (χ1) is 9.09. The highest BCUT2D eigenvalue weighted by atomic mass is 16.3. The molecule has 1 N–H and O–H groups in total. The second-order valence-corrected chi connectivity index (χ2v) is 4.87. The molecule has 0 aliphatic heterocycles. The van der Waals surface area contributed by atoms with Crippen molar-refractivity contribution in [1.82, 2.24) is 0 Å². The van der Waals surface area contributed by atoms with Gasteiger partial charge in [0.05, 0.1) is 6.10 Å². The Hall–Kier alpha value is -1.93. The Morgan fingerprint density at radius 1 is 1.00 bits per heavy atom. The van der Waals surface area contributed by atoms with Gasteiger partial charge in [0.2, 0.25) is 0 Å². The molecule has 0 spiro atoms. The molecule has 0 saturated carbocycles. The molecule has 0 radical (unpaired) electrons. The Labute approximate surface area is 113 Å². The van der Waals surface area contributed by atoms with Gasteiger partial charge in [0.15, 0.2) is 5.78 Å². The summed E-state index contributed by atoms with van der Waals surface area (Å²) in [5, 5.41) is 10.3. The van der Waals surface area contributed by atoms with Crippen LogP contribution in [0.15, 0.2) is 54.6 Å². The van der Waals surface area contributed by atoms with Crippen molar-refractivity contribution in [2.24, 2.45) is 5.92 Å². The van der Waals surface area contributed by atoms with E-state index in [1.165, 1.54) is 0 Å². The third-order valence-electron chi connectivity index (χ3n) is 3.36. The van der Waals surface area contributed by atoms with Gasteiger partial charge in [0.25, 0.3) is 0 Å². The van der Waals surface area contributed by atoms with E-state index in [1.807, 2.05) is 49.4 Å². The van der Waals surface area contributed by atoms with Crippen molar-refractivity contribution < 1.29 is 9.90 Å². The Morgan fingerprint density at radius 3 is 2.16 bits per heavy atom. The van der Waals surface area contributed by atoms with Crippen molar-refractivity contribution in [3.8, 4) is 0 Å². The molecular weight excluding hydrogens is 236 g/mol. The summed E-state index contributed by atoms with van der Waals surface area (Å²) in [5.74, 6) is -0.487. The molecule has 2 atom stereocenters. The highest BCUT2D eigenvalue weighted by Crippen LogP contribution is 2.25. The minimum Gasteiger partial charge on any atom is -0.388 e. The van der Waals surface area contributed by atoms with Crippen LogP contribution in [0, 0.1) is 12.8 Å². The predicted molar refractivity (Wildman–Crippen MR) is 76.1 cm³/mol. The maximum atomic E-state index is 12.3. The third kappa shape index (κ3) is 3.09. The molecule has 0 bridgehead atoms. The van der Waals surface area contributed by atoms with E-state index in [0.717, 1.165) is 11.1 Å². The van der Waals surface area contributed by atoms with Gasteiger partial charge in [0.1, 0.15) is 0 Å². The topological polar surface area (TPSA) is 37.3 Å². The lowest BCUT2D eigenvalue weighted by molar-refractivity contribution is 0.0713. The predicted octanol–water partition coefficient (Wildman–Crippen LogP) is 3.55. The number of Topliss-reactive ketones (excluding diaryl/α,β-unsaturated/α-hetero) is 1. The van der Waals surface area contributed by atoms with Crippen molar-refractivity contribution >= 4 is 5.78 Å². The number of hydrogen-bond donors (Lipinski definition) is 1. The van der Waals surface area contributed by atoms with Crippen LogP contribution in [-0.2, 0) is 0 Å². The Bertz CT molecular complexity index is 543. The fourth-order valence-electron chi connectivity index (χ4n) is 2.06. The zero-order valence-corrected chi connectivity index (χ0v) is 11.2. The lowest BCUT2D eigenvalue weighted by Crippen LogP contribution is -2.19. The maximum absolute atomic E-state index is 12.3. The maximum Gasteiger partial charge on any atom is 0.168 e. The number of rotatable bonds is 4. The summed E-state index contributed by atoms with van der Waals surface area (Å²) >= 11 is 0. The molecule has 0 heterocycles. The summed E-state index contributed by atoms with van der Waals surface area (Å²) in [6.45, 7) is 3.76. The molecule has 0 aromatic heterocycles. The second-order valence-electron chi connectivity index (χ2n) is 4.87. The molecule has 2 rings (SSSR count). The first kappa shape index (κ1) is 13.5. The van der Waals surface area contributed by atoms with E-state index in [2.05, 4.69) is 0 Å². The number of ketones is 1. The molecule has 0 aliphatic carbocycles. The van der Waals surface area contributed by atoms with Crippen molar-refractivity contribution in [3.05, 3.63) is 71.3 Å². The van der Waals surface area contributed by atoms with Gasteiger partial charge >= 0.3 is 0 Å². The molecule has 0 saturated heterocycles. The van der Waals surface area contributed by atoms with Gasteiger partial charge in [0, 0.05) is 11.5 Å². The molecule has 2 aromatic carbocycles. The first-order valence-corrected chi connectivity index (χ1v) is 6.43. The minimum absolute atomic E-state index is 0.0336. The minimum atomic E-state index is -0.770. The highest BCUT2D eigenvalue weighted by molar-refractivity contribution is 5.98. The van der Waals surface area contributed by atoms with Crippen LogP contribution in [0.1, 0.15) is 34.5 Å². The van der Waals surface area contributed by atoms with Crippen molar-refractivity contribution in [2.75, 3.05) is 0 Å². The summed E-state index contributed by atoms with van der Waals surface area (Å²) in [4.78, 5) is 12.3. The van der Waals surface area contributed by atoms with E-state index in [1.54, 1.807) is 19.1 Å². The summed E-state index contributed by atoms with van der Waals surface area (Å²) in [6.07, 6.45) is -0.770. The van der Waals surface area contributed by atoms with Crippen LogP contribution in [0.25, 0.3) is 0 Å². The molecule has 0 fully saturated rings. The molecule has 0 amide bonds. The summed E-state index contributed by atoms with van der Waals surface area (Å²) in [7, 11) is 0. The SMILES string of the molecule is Cc1ccc([C@@H](O)[C@@H](C)C(=O)c2ccccc2)cc1. The molecule has 0 unspecified atom stereocenters. The number of benzene rings is 2. The van der Waals surface area contributed by atoms with Crippen molar-refractivity contribution in [1.29, 1.82) is 0 Å². The summed E-state index contributed by atoms with van der Waals surface area (Å²) in [5.41, 5.74) is 2.56. The van der Waals surface area contributed by atoms with Crippen molar-refractivity contribution in [2.45, 2.75) is 20.0 Å². The number of carbonyl (C=O) groups is 1. The van der Waals surface area contributed by atoms with Gasteiger partial charge in [-0.2, -0.15) is 0 Å². The monoisotopic (exact) mass is 254 g/mol. The lowest BCUT2D eigenvalue weighted by atomic mass is 9.90. The molecule has 2 heteroatoms. The largest absolute Gasteiger partial charge is 0.388 e. The Balaban J connectivity index is 2.17. The first-order valence-electron chi connectivity index (χ1n) is 6.43. The normalized spacial score (nSPS) is 13.8. The van der Waals surface area contributed by atoms with Gasteiger partial charge in [-0.1, -0.05) is 67.1 Å². The average Bonchev–Trinajstić information content (AvgIpc) is 2.46. The smallest absolute Gasteiger partial charge is 0.168 e. The van der Waals surface area contributed by atoms with Crippen LogP contribution >= 0.6 is 0 Å². The molecular formula is C17H18O2. The van der Waals surface area contributed by atoms with E-state index < -0.39 is 12.0 Å². The standard InChI is InChI=1S/C17H18O2/c1-12-8-10-15(11-9-12)17(19)13(2)16(18)14-6-4-3-5-7-14/h3-11,13,17,19H,1-2H3/t13-,17-/m0/s1. The fourth-order valence-corrected chi connectivity index (χ4v) is 2.06. The molecule has 2 aromatic rings. The quantitative estimate of drug-likeness (QED) is 0.847. The van der Waals surface area contributed by atoms with E-state index >= 15 is 0 Å². The lowest BCUT2D eigenvalue weighted by Gasteiger charge is -2.18. The van der Waals surface area contributed by atoms with Crippen LogP contribution in [0.5, 0.6) is 0 Å². The summed E-state index contributed by atoms with van der Waals surface area (Å²) in [6, 6.07) is 16.7. The fraction of sp³-hybridized carbons (Fsp3) is 0.235. The van der Waals surface area contributed by atoms with Crippen LogP contribution in [-0.4, -0.2) is 10.9 Å². The summed E-state index contributed by atoms with van der Waals surface area (Å²) < 4.78 is 0. The number of aryl methyl sites for hydroxylation is 1. The van der Waals surface area contributed by atoms with Gasteiger partial charge in [-0.25, -0.2) is 0 Å². The zero-order valence-electron chi connectivity index (χ0n) is 11.2. The van der Waals surface area contributed by atoms with E-state index in [0.29, 0.717) is 5.56 Å². The van der Waals surface area contributed by atoms with Gasteiger partial charge < -0.3 is 5.11 Å². The van der Waals surface area contributed by atoms with Gasteiger partial charge in [-0.05, 0) is 12.5 Å². The molecule has 0 aliphatic rings. The van der Waals surface area contributed by atoms with Gasteiger partial charge in [-0.15, -0.1) is 0 Å². The van der Waals surface area contributed by atoms with E-state index in [9.17, 15) is 9.90 Å². The third-order valence-corrected chi connectivity index (χ3v) is 3.36. The van der Waals surface area contributed by atoms with Crippen LogP contribution in [0.2, 0.25) is 0 Å². The number of aliphatic hydroxyl groups is 1. The van der Waals surface area contributed by atoms with Crippen molar-refractivity contribution in [3.63, 3.8) is 0 Å². The highest BCUT2D eigenvalue weighted by Gasteiger charge is 2.24. The molecule has 2 nitrogen and oxygen atoms in total. The Morgan fingerprint density at radius 2 is 1.58 bits per heavy atom. The second kappa shape index (κ2) is 5.81. The van der Waals surface area contributed by atoms with E-state index in [-0.39, 0.29) is 5.78 Å². The van der Waals surface area contributed by atoms with Crippen LogP contribution < -0.4 is 0 Å². The Kier molecular flexibility index (Phi) is 4.13.